The predicted molar refractivity (Wildman–Crippen MR) is 110 cm³/mol. The minimum atomic E-state index is -0.0370. The highest BCUT2D eigenvalue weighted by Gasteiger charge is 2.22. The topological polar surface area (TPSA) is 66.3 Å². The third-order valence-corrected chi connectivity index (χ3v) is 5.95. The molecule has 2 heterocycles. The summed E-state index contributed by atoms with van der Waals surface area (Å²) < 4.78 is 1.72. The zero-order valence-corrected chi connectivity index (χ0v) is 17.4. The predicted octanol–water partition coefficient (Wildman–Crippen LogP) is 3.09. The van der Waals surface area contributed by atoms with Crippen molar-refractivity contribution in [3.63, 3.8) is 0 Å². The van der Waals surface area contributed by atoms with Gasteiger partial charge in [-0.1, -0.05) is 19.1 Å². The Morgan fingerprint density at radius 2 is 1.93 bits per heavy atom. The Balaban J connectivity index is 1.51. The molecule has 0 spiro atoms. The van der Waals surface area contributed by atoms with Crippen LogP contribution in [0.5, 0.6) is 0 Å². The van der Waals surface area contributed by atoms with E-state index < -0.39 is 0 Å². The number of carbonyl (C=O) groups excluding carboxylic acids is 1. The summed E-state index contributed by atoms with van der Waals surface area (Å²) in [5.41, 5.74) is 2.03. The number of benzene rings is 1. The highest BCUT2D eigenvalue weighted by atomic mass is 16.2. The molecule has 2 atom stereocenters. The maximum absolute atomic E-state index is 12.6. The van der Waals surface area contributed by atoms with Gasteiger partial charge >= 0.3 is 6.03 Å². The van der Waals surface area contributed by atoms with Crippen LogP contribution in [0, 0.1) is 5.92 Å². The maximum atomic E-state index is 12.6. The van der Waals surface area contributed by atoms with Crippen LogP contribution in [-0.2, 0) is 0 Å². The number of nitrogens with one attached hydrogen (secondary N) is 1. The Hall–Kier alpha value is -2.41. The van der Waals surface area contributed by atoms with Crippen molar-refractivity contribution < 1.29 is 4.79 Å². The van der Waals surface area contributed by atoms with Crippen molar-refractivity contribution in [1.82, 2.24) is 29.9 Å². The smallest absolute Gasteiger partial charge is 0.317 e. The number of likely N-dealkylation sites (tertiary alicyclic amines) is 1. The van der Waals surface area contributed by atoms with E-state index in [1.165, 1.54) is 19.2 Å². The van der Waals surface area contributed by atoms with Crippen molar-refractivity contribution in [2.24, 2.45) is 5.92 Å². The van der Waals surface area contributed by atoms with E-state index in [9.17, 15) is 4.79 Å². The van der Waals surface area contributed by atoms with E-state index in [-0.39, 0.29) is 12.1 Å². The van der Waals surface area contributed by atoms with Crippen molar-refractivity contribution in [2.45, 2.75) is 45.7 Å². The number of nitrogens with zero attached hydrogens (tertiary/aromatic N) is 5. The zero-order valence-electron chi connectivity index (χ0n) is 17.4. The van der Waals surface area contributed by atoms with Gasteiger partial charge in [0.15, 0.2) is 0 Å². The summed E-state index contributed by atoms with van der Waals surface area (Å²) >= 11 is 0. The third-order valence-electron chi connectivity index (χ3n) is 5.95. The van der Waals surface area contributed by atoms with Gasteiger partial charge in [0.25, 0.3) is 0 Å². The highest BCUT2D eigenvalue weighted by molar-refractivity contribution is 5.74. The number of hydrogen-bond acceptors (Lipinski definition) is 4. The molecule has 7 heteroatoms. The van der Waals surface area contributed by atoms with Crippen LogP contribution in [-0.4, -0.2) is 63.3 Å². The van der Waals surface area contributed by atoms with Crippen molar-refractivity contribution in [3.05, 3.63) is 42.5 Å². The monoisotopic (exact) mass is 384 g/mol. The Morgan fingerprint density at radius 1 is 1.25 bits per heavy atom. The second-order valence-electron chi connectivity index (χ2n) is 7.97. The van der Waals surface area contributed by atoms with E-state index >= 15 is 0 Å². The minimum absolute atomic E-state index is 0.0176. The van der Waals surface area contributed by atoms with Crippen molar-refractivity contribution >= 4 is 6.03 Å². The lowest BCUT2D eigenvalue weighted by molar-refractivity contribution is 0.141. The van der Waals surface area contributed by atoms with E-state index in [4.69, 9.17) is 0 Å². The molecule has 1 aliphatic heterocycles. The molecule has 152 valence electrons. The molecule has 3 rings (SSSR count). The lowest BCUT2D eigenvalue weighted by atomic mass is 9.98. The molecule has 1 aliphatic rings. The van der Waals surface area contributed by atoms with Crippen molar-refractivity contribution in [2.75, 3.05) is 26.7 Å². The van der Waals surface area contributed by atoms with Crippen LogP contribution in [0.25, 0.3) is 5.69 Å². The first kappa shape index (κ1) is 20.3. The van der Waals surface area contributed by atoms with Crippen LogP contribution in [0.4, 0.5) is 4.79 Å². The molecule has 1 N–H and O–H groups in total. The van der Waals surface area contributed by atoms with E-state index in [2.05, 4.69) is 34.1 Å². The Morgan fingerprint density at radius 3 is 2.54 bits per heavy atom. The summed E-state index contributed by atoms with van der Waals surface area (Å²) in [7, 11) is 1.85. The molecular weight excluding hydrogens is 352 g/mol. The van der Waals surface area contributed by atoms with Gasteiger partial charge in [0.2, 0.25) is 0 Å². The lowest BCUT2D eigenvalue weighted by Crippen LogP contribution is -2.48. The molecule has 1 aromatic carbocycles. The summed E-state index contributed by atoms with van der Waals surface area (Å²) in [6.45, 7) is 9.49. The Labute approximate surface area is 167 Å². The van der Waals surface area contributed by atoms with Crippen molar-refractivity contribution in [3.8, 4) is 5.69 Å². The number of amides is 2. The summed E-state index contributed by atoms with van der Waals surface area (Å²) in [5.74, 6) is 0.820. The van der Waals surface area contributed by atoms with Gasteiger partial charge in [-0.2, -0.15) is 5.10 Å². The van der Waals surface area contributed by atoms with Gasteiger partial charge in [-0.15, -0.1) is 0 Å². The number of rotatable bonds is 6. The summed E-state index contributed by atoms with van der Waals surface area (Å²) in [4.78, 5) is 20.8. The first-order valence-corrected chi connectivity index (χ1v) is 10.2. The molecule has 7 nitrogen and oxygen atoms in total. The van der Waals surface area contributed by atoms with Crippen LogP contribution in [0.3, 0.4) is 0 Å². The van der Waals surface area contributed by atoms with Crippen LogP contribution < -0.4 is 5.32 Å². The molecule has 1 aromatic heterocycles. The molecule has 0 saturated carbocycles. The largest absolute Gasteiger partial charge is 0.336 e. The summed E-state index contributed by atoms with van der Waals surface area (Å²) in [5, 5.41) is 7.23. The SMILES string of the molecule is CC1CCN(C(C)CNC(=O)N(C)C(C)c2ccc(-n3cncn3)cc2)CC1. The maximum Gasteiger partial charge on any atom is 0.317 e. The molecule has 2 aromatic rings. The number of aromatic nitrogens is 3. The molecule has 0 bridgehead atoms. The highest BCUT2D eigenvalue weighted by Crippen LogP contribution is 2.21. The van der Waals surface area contributed by atoms with Gasteiger partial charge in [0.1, 0.15) is 12.7 Å². The second-order valence-corrected chi connectivity index (χ2v) is 7.97. The van der Waals surface area contributed by atoms with Crippen LogP contribution in [0.2, 0.25) is 0 Å². The lowest BCUT2D eigenvalue weighted by Gasteiger charge is -2.35. The number of piperidine rings is 1. The first-order chi connectivity index (χ1) is 13.5. The summed E-state index contributed by atoms with van der Waals surface area (Å²) in [6, 6.07) is 8.35. The normalized spacial score (nSPS) is 17.9. The molecule has 2 amide bonds. The van der Waals surface area contributed by atoms with Crippen LogP contribution in [0.1, 0.15) is 45.2 Å². The average Bonchev–Trinajstić information content (AvgIpc) is 3.26. The Bertz CT molecular complexity index is 737. The first-order valence-electron chi connectivity index (χ1n) is 10.2. The number of urea groups is 1. The van der Waals surface area contributed by atoms with E-state index in [0.717, 1.165) is 30.3 Å². The molecule has 0 radical (unpaired) electrons. The fraction of sp³-hybridized carbons (Fsp3) is 0.571. The van der Waals surface area contributed by atoms with Gasteiger partial charge in [0.05, 0.1) is 11.7 Å². The molecule has 1 saturated heterocycles. The van der Waals surface area contributed by atoms with Crippen LogP contribution >= 0.6 is 0 Å². The van der Waals surface area contributed by atoms with Gasteiger partial charge < -0.3 is 10.2 Å². The van der Waals surface area contributed by atoms with E-state index in [1.54, 1.807) is 15.9 Å². The van der Waals surface area contributed by atoms with E-state index in [1.807, 2.05) is 38.2 Å². The fourth-order valence-corrected chi connectivity index (χ4v) is 3.60. The molecule has 2 unspecified atom stereocenters. The summed E-state index contributed by atoms with van der Waals surface area (Å²) in [6.07, 6.45) is 5.68. The zero-order chi connectivity index (χ0) is 20.1. The Kier molecular flexibility index (Phi) is 6.67. The van der Waals surface area contributed by atoms with E-state index in [0.29, 0.717) is 12.6 Å². The second kappa shape index (κ2) is 9.19. The molecule has 28 heavy (non-hydrogen) atoms. The molecule has 0 aliphatic carbocycles. The standard InChI is InChI=1S/C21H32N6O/c1-16-9-11-26(12-10-16)17(2)13-23-21(28)25(4)18(3)19-5-7-20(8-6-19)27-15-22-14-24-27/h5-8,14-18H,9-13H2,1-4H3,(H,23,28). The minimum Gasteiger partial charge on any atom is -0.336 e. The third kappa shape index (κ3) is 4.90. The fourth-order valence-electron chi connectivity index (χ4n) is 3.60. The number of hydrogen-bond donors (Lipinski definition) is 1. The molecule has 1 fully saturated rings. The van der Waals surface area contributed by atoms with Gasteiger partial charge in [-0.3, -0.25) is 4.90 Å². The average molecular weight is 385 g/mol. The van der Waals surface area contributed by atoms with Crippen molar-refractivity contribution in [1.29, 1.82) is 0 Å². The van der Waals surface area contributed by atoms with Crippen LogP contribution in [0.15, 0.2) is 36.9 Å². The number of carbonyl (C=O) groups is 1. The van der Waals surface area contributed by atoms with Gasteiger partial charge in [0, 0.05) is 19.6 Å². The molecular formula is C21H32N6O. The quantitative estimate of drug-likeness (QED) is 0.831. The van der Waals surface area contributed by atoms with Gasteiger partial charge in [-0.05, 0) is 63.4 Å². The van der Waals surface area contributed by atoms with Gasteiger partial charge in [-0.25, -0.2) is 14.5 Å².